The maximum absolute atomic E-state index is 12.5. The average Bonchev–Trinajstić information content (AvgIpc) is 3.12. The Morgan fingerprint density at radius 1 is 1.28 bits per heavy atom. The van der Waals surface area contributed by atoms with Crippen LogP contribution in [-0.4, -0.2) is 25.5 Å². The number of amides is 1. The number of anilines is 1. The zero-order chi connectivity index (χ0) is 18.0. The number of nitrogens with one attached hydrogen (secondary N) is 1. The predicted molar refractivity (Wildman–Crippen MR) is 97.8 cm³/mol. The van der Waals surface area contributed by atoms with Crippen LogP contribution < -0.4 is 10.9 Å². The highest BCUT2D eigenvalue weighted by molar-refractivity contribution is 9.10. The van der Waals surface area contributed by atoms with Gasteiger partial charge in [-0.3, -0.25) is 9.59 Å². The first kappa shape index (κ1) is 17.1. The van der Waals surface area contributed by atoms with E-state index in [0.29, 0.717) is 11.5 Å². The Morgan fingerprint density at radius 3 is 2.76 bits per heavy atom. The summed E-state index contributed by atoms with van der Waals surface area (Å²) in [7, 11) is 0. The Kier molecular flexibility index (Phi) is 4.80. The number of halogens is 1. The van der Waals surface area contributed by atoms with Crippen LogP contribution in [0.4, 0.5) is 5.69 Å². The van der Waals surface area contributed by atoms with Crippen LogP contribution in [-0.2, 0) is 4.79 Å². The fraction of sp³-hybridized carbons (Fsp3) is 0.176. The molecule has 3 rings (SSSR count). The summed E-state index contributed by atoms with van der Waals surface area (Å²) in [6.07, 6.45) is 3.33. The van der Waals surface area contributed by atoms with Crippen LogP contribution in [0.3, 0.4) is 0 Å². The lowest BCUT2D eigenvalue weighted by Crippen LogP contribution is -2.33. The smallest absolute Gasteiger partial charge is 0.267 e. The molecule has 2 aromatic heterocycles. The largest absolute Gasteiger partial charge is 0.324 e. The molecule has 0 saturated carbocycles. The summed E-state index contributed by atoms with van der Waals surface area (Å²) in [4.78, 5) is 24.6. The number of carbonyl (C=O) groups is 1. The topological polar surface area (TPSA) is 81.8 Å². The molecule has 0 aliphatic carbocycles. The number of aromatic nitrogens is 4. The van der Waals surface area contributed by atoms with Crippen LogP contribution in [0.25, 0.3) is 5.82 Å². The van der Waals surface area contributed by atoms with Crippen LogP contribution >= 0.6 is 15.9 Å². The molecular weight excluding hydrogens is 386 g/mol. The van der Waals surface area contributed by atoms with Gasteiger partial charge in [0.2, 0.25) is 5.91 Å². The molecule has 8 heteroatoms. The Balaban J connectivity index is 1.85. The quantitative estimate of drug-likeness (QED) is 0.728. The number of rotatable bonds is 4. The number of hydrogen-bond acceptors (Lipinski definition) is 4. The van der Waals surface area contributed by atoms with Gasteiger partial charge < -0.3 is 5.32 Å². The Hall–Kier alpha value is -2.74. The van der Waals surface area contributed by atoms with Gasteiger partial charge in [0.05, 0.1) is 0 Å². The normalized spacial score (nSPS) is 12.0. The maximum Gasteiger partial charge on any atom is 0.267 e. The van der Waals surface area contributed by atoms with Crippen LogP contribution in [0.2, 0.25) is 0 Å². The fourth-order valence-corrected chi connectivity index (χ4v) is 2.55. The fourth-order valence-electron chi connectivity index (χ4n) is 2.30. The van der Waals surface area contributed by atoms with E-state index < -0.39 is 6.04 Å². The van der Waals surface area contributed by atoms with Crippen molar-refractivity contribution in [1.82, 2.24) is 19.6 Å². The van der Waals surface area contributed by atoms with Gasteiger partial charge in [-0.05, 0) is 49.7 Å². The van der Waals surface area contributed by atoms with E-state index in [-0.39, 0.29) is 11.5 Å². The van der Waals surface area contributed by atoms with Crippen molar-refractivity contribution < 1.29 is 4.79 Å². The first-order chi connectivity index (χ1) is 12.0. The number of hydrogen-bond donors (Lipinski definition) is 1. The van der Waals surface area contributed by atoms with Crippen molar-refractivity contribution in [3.05, 3.63) is 69.2 Å². The Morgan fingerprint density at radius 2 is 2.08 bits per heavy atom. The molecule has 25 heavy (non-hydrogen) atoms. The number of carbonyl (C=O) groups excluding carboxylic acids is 1. The third-order valence-corrected chi connectivity index (χ3v) is 4.61. The van der Waals surface area contributed by atoms with E-state index >= 15 is 0 Å². The summed E-state index contributed by atoms with van der Waals surface area (Å²) in [6.45, 7) is 3.56. The molecule has 1 N–H and O–H groups in total. The molecule has 1 amide bonds. The minimum absolute atomic E-state index is 0.325. The van der Waals surface area contributed by atoms with Gasteiger partial charge >= 0.3 is 0 Å². The highest BCUT2D eigenvalue weighted by Gasteiger charge is 2.18. The summed E-state index contributed by atoms with van der Waals surface area (Å²) in [6, 6.07) is 9.42. The summed E-state index contributed by atoms with van der Waals surface area (Å²) in [5, 5.41) is 11.1. The molecule has 0 bridgehead atoms. The van der Waals surface area contributed by atoms with Crippen LogP contribution in [0.15, 0.2) is 58.1 Å². The number of benzene rings is 1. The minimum atomic E-state index is -0.771. The van der Waals surface area contributed by atoms with Gasteiger partial charge in [0.15, 0.2) is 5.82 Å². The second-order valence-electron chi connectivity index (χ2n) is 5.55. The summed E-state index contributed by atoms with van der Waals surface area (Å²) in [5.74, 6) is 0.137. The van der Waals surface area contributed by atoms with Crippen LogP contribution in [0, 0.1) is 6.92 Å². The zero-order valence-electron chi connectivity index (χ0n) is 13.7. The highest BCUT2D eigenvalue weighted by Crippen LogP contribution is 2.20. The van der Waals surface area contributed by atoms with Gasteiger partial charge in [0, 0.05) is 28.6 Å². The third-order valence-electron chi connectivity index (χ3n) is 3.72. The van der Waals surface area contributed by atoms with E-state index in [1.807, 2.05) is 19.1 Å². The molecule has 0 fully saturated rings. The van der Waals surface area contributed by atoms with Crippen molar-refractivity contribution in [3.8, 4) is 5.82 Å². The van der Waals surface area contributed by atoms with E-state index in [9.17, 15) is 9.59 Å². The van der Waals surface area contributed by atoms with Gasteiger partial charge in [-0.25, -0.2) is 9.36 Å². The molecule has 0 saturated heterocycles. The van der Waals surface area contributed by atoms with Crippen LogP contribution in [0.1, 0.15) is 18.5 Å². The minimum Gasteiger partial charge on any atom is -0.324 e. The molecule has 2 heterocycles. The van der Waals surface area contributed by atoms with Crippen molar-refractivity contribution in [2.24, 2.45) is 0 Å². The second kappa shape index (κ2) is 7.02. The molecule has 0 radical (unpaired) electrons. The first-order valence-corrected chi connectivity index (χ1v) is 8.42. The van der Waals surface area contributed by atoms with Crippen molar-refractivity contribution in [2.75, 3.05) is 5.32 Å². The van der Waals surface area contributed by atoms with Crippen molar-refractivity contribution in [3.63, 3.8) is 0 Å². The van der Waals surface area contributed by atoms with Gasteiger partial charge in [0.25, 0.3) is 5.56 Å². The standard InChI is InChI=1S/C17H16BrN5O2/c1-11-10-13(4-5-14(11)18)20-17(25)12(2)23-16(24)7-6-15(21-23)22-9-3-8-19-22/h3-10,12H,1-2H3,(H,20,25). The molecule has 1 unspecified atom stereocenters. The molecule has 1 aromatic carbocycles. The number of nitrogens with zero attached hydrogens (tertiary/aromatic N) is 4. The monoisotopic (exact) mass is 401 g/mol. The lowest BCUT2D eigenvalue weighted by molar-refractivity contribution is -0.119. The van der Waals surface area contributed by atoms with Crippen molar-refractivity contribution in [1.29, 1.82) is 0 Å². The molecule has 1 atom stereocenters. The van der Waals surface area contributed by atoms with E-state index in [1.54, 1.807) is 37.5 Å². The van der Waals surface area contributed by atoms with E-state index in [0.717, 1.165) is 14.7 Å². The zero-order valence-corrected chi connectivity index (χ0v) is 15.3. The molecule has 0 aliphatic rings. The lowest BCUT2D eigenvalue weighted by Gasteiger charge is -2.15. The van der Waals surface area contributed by atoms with E-state index in [4.69, 9.17) is 0 Å². The van der Waals surface area contributed by atoms with Gasteiger partial charge in [0.1, 0.15) is 6.04 Å². The molecule has 128 valence electrons. The van der Waals surface area contributed by atoms with Gasteiger partial charge in [-0.15, -0.1) is 5.10 Å². The van der Waals surface area contributed by atoms with Gasteiger partial charge in [-0.1, -0.05) is 15.9 Å². The Labute approximate surface area is 152 Å². The molecule has 7 nitrogen and oxygen atoms in total. The molecule has 0 aliphatic heterocycles. The third kappa shape index (κ3) is 3.69. The van der Waals surface area contributed by atoms with E-state index in [2.05, 4.69) is 31.4 Å². The van der Waals surface area contributed by atoms with E-state index in [1.165, 1.54) is 10.7 Å². The molecule has 0 spiro atoms. The van der Waals surface area contributed by atoms with Crippen LogP contribution in [0.5, 0.6) is 0 Å². The first-order valence-electron chi connectivity index (χ1n) is 7.62. The molecular formula is C17H16BrN5O2. The lowest BCUT2D eigenvalue weighted by atomic mass is 10.2. The highest BCUT2D eigenvalue weighted by atomic mass is 79.9. The number of aryl methyl sites for hydroxylation is 1. The summed E-state index contributed by atoms with van der Waals surface area (Å²) >= 11 is 3.42. The molecule has 3 aromatic rings. The van der Waals surface area contributed by atoms with Crippen molar-refractivity contribution in [2.45, 2.75) is 19.9 Å². The summed E-state index contributed by atoms with van der Waals surface area (Å²) in [5.41, 5.74) is 1.31. The maximum atomic E-state index is 12.5. The average molecular weight is 402 g/mol. The second-order valence-corrected chi connectivity index (χ2v) is 6.41. The Bertz CT molecular complexity index is 965. The van der Waals surface area contributed by atoms with Crippen molar-refractivity contribution >= 4 is 27.5 Å². The van der Waals surface area contributed by atoms with Gasteiger partial charge in [-0.2, -0.15) is 5.10 Å². The summed E-state index contributed by atoms with van der Waals surface area (Å²) < 4.78 is 3.64. The SMILES string of the molecule is Cc1cc(NC(=O)C(C)n2nc(-n3cccn3)ccc2=O)ccc1Br. The predicted octanol–water partition coefficient (Wildman–Crippen LogP) is 2.70.